The average molecular weight is 260 g/mol. The second kappa shape index (κ2) is 6.36. The van der Waals surface area contributed by atoms with E-state index in [0.29, 0.717) is 19.5 Å². The molecule has 19 heavy (non-hydrogen) atoms. The van der Waals surface area contributed by atoms with Gasteiger partial charge in [0.1, 0.15) is 0 Å². The van der Waals surface area contributed by atoms with Crippen LogP contribution in [0.15, 0.2) is 24.3 Å². The first-order valence-electron chi connectivity index (χ1n) is 6.76. The Balaban J connectivity index is 1.81. The lowest BCUT2D eigenvalue weighted by atomic mass is 10.1. The van der Waals surface area contributed by atoms with Gasteiger partial charge in [-0.05, 0) is 30.9 Å². The van der Waals surface area contributed by atoms with E-state index in [1.54, 1.807) is 4.90 Å². The second-order valence-electron chi connectivity index (χ2n) is 4.98. The van der Waals surface area contributed by atoms with Gasteiger partial charge in [-0.25, -0.2) is 0 Å². The monoisotopic (exact) mass is 260 g/mol. The number of hydrogen-bond acceptors (Lipinski definition) is 2. The predicted octanol–water partition coefficient (Wildman–Crippen LogP) is 1.62. The number of carbonyl (C=O) groups is 2. The molecule has 1 aromatic rings. The molecule has 4 nitrogen and oxygen atoms in total. The molecule has 1 aliphatic heterocycles. The Labute approximate surface area is 113 Å². The number of hydrogen-bond donors (Lipinski definition) is 1. The van der Waals surface area contributed by atoms with Gasteiger partial charge in [-0.1, -0.05) is 24.3 Å². The lowest BCUT2D eigenvalue weighted by Crippen LogP contribution is -2.42. The summed E-state index contributed by atoms with van der Waals surface area (Å²) in [4.78, 5) is 25.1. The van der Waals surface area contributed by atoms with Crippen LogP contribution in [0, 0.1) is 6.92 Å². The number of rotatable bonds is 4. The van der Waals surface area contributed by atoms with Crippen LogP contribution >= 0.6 is 0 Å². The van der Waals surface area contributed by atoms with Crippen molar-refractivity contribution in [2.24, 2.45) is 0 Å². The van der Waals surface area contributed by atoms with Crippen molar-refractivity contribution in [2.75, 3.05) is 13.1 Å². The first-order valence-corrected chi connectivity index (χ1v) is 6.76. The van der Waals surface area contributed by atoms with Crippen LogP contribution in [0.1, 0.15) is 30.4 Å². The highest BCUT2D eigenvalue weighted by Crippen LogP contribution is 2.10. The van der Waals surface area contributed by atoms with Crippen LogP contribution in [0.5, 0.6) is 0 Å². The molecule has 0 bridgehead atoms. The highest BCUT2D eigenvalue weighted by molar-refractivity contribution is 5.85. The number of likely N-dealkylation sites (tertiary alicyclic amines) is 1. The molecule has 4 heteroatoms. The highest BCUT2D eigenvalue weighted by atomic mass is 16.2. The first-order chi connectivity index (χ1) is 9.16. The number of aryl methyl sites for hydroxylation is 1. The van der Waals surface area contributed by atoms with E-state index in [-0.39, 0.29) is 18.4 Å². The van der Waals surface area contributed by atoms with Crippen molar-refractivity contribution in [3.8, 4) is 0 Å². The second-order valence-corrected chi connectivity index (χ2v) is 4.98. The summed E-state index contributed by atoms with van der Waals surface area (Å²) < 4.78 is 0. The molecule has 0 saturated carbocycles. The van der Waals surface area contributed by atoms with Gasteiger partial charge in [0.15, 0.2) is 0 Å². The Morgan fingerprint density at radius 2 is 2.11 bits per heavy atom. The average Bonchev–Trinajstić information content (AvgIpc) is 2.40. The highest BCUT2D eigenvalue weighted by Gasteiger charge is 2.20. The van der Waals surface area contributed by atoms with E-state index in [1.165, 1.54) is 0 Å². The molecule has 102 valence electrons. The normalized spacial score (nSPS) is 15.4. The molecular formula is C15H20N2O2. The van der Waals surface area contributed by atoms with Gasteiger partial charge >= 0.3 is 0 Å². The number of nitrogens with one attached hydrogen (secondary N) is 1. The lowest BCUT2D eigenvalue weighted by molar-refractivity contribution is -0.137. The summed E-state index contributed by atoms with van der Waals surface area (Å²) in [5.41, 5.74) is 2.28. The van der Waals surface area contributed by atoms with Crippen LogP contribution in [-0.4, -0.2) is 29.8 Å². The van der Waals surface area contributed by atoms with Gasteiger partial charge in [-0.3, -0.25) is 9.59 Å². The molecule has 1 saturated heterocycles. The molecule has 0 spiro atoms. The number of benzene rings is 1. The molecule has 0 aliphatic carbocycles. The fourth-order valence-electron chi connectivity index (χ4n) is 2.26. The standard InChI is InChI=1S/C15H20N2O2/c1-12-6-2-3-7-13(12)10-16-14(18)11-17-9-5-4-8-15(17)19/h2-3,6-7H,4-5,8-11H2,1H3,(H,16,18). The fraction of sp³-hybridized carbons (Fsp3) is 0.467. The first kappa shape index (κ1) is 13.6. The van der Waals surface area contributed by atoms with Crippen molar-refractivity contribution in [2.45, 2.75) is 32.7 Å². The van der Waals surface area contributed by atoms with E-state index in [2.05, 4.69) is 5.32 Å². The third-order valence-electron chi connectivity index (χ3n) is 3.49. The molecule has 0 atom stereocenters. The summed E-state index contributed by atoms with van der Waals surface area (Å²) in [5.74, 6) is 0.01000. The maximum absolute atomic E-state index is 11.8. The summed E-state index contributed by atoms with van der Waals surface area (Å²) in [7, 11) is 0. The minimum absolute atomic E-state index is 0.0847. The van der Waals surface area contributed by atoms with Crippen LogP contribution in [0.4, 0.5) is 0 Å². The molecule has 2 amide bonds. The minimum atomic E-state index is -0.0847. The number of nitrogens with zero attached hydrogens (tertiary/aromatic N) is 1. The number of carbonyl (C=O) groups excluding carboxylic acids is 2. The van der Waals surface area contributed by atoms with Gasteiger partial charge in [0.25, 0.3) is 0 Å². The summed E-state index contributed by atoms with van der Waals surface area (Å²) >= 11 is 0. The van der Waals surface area contributed by atoms with Crippen molar-refractivity contribution in [3.63, 3.8) is 0 Å². The van der Waals surface area contributed by atoms with Gasteiger partial charge in [0.05, 0.1) is 6.54 Å². The van der Waals surface area contributed by atoms with Crippen molar-refractivity contribution in [1.29, 1.82) is 0 Å². The molecule has 1 N–H and O–H groups in total. The Morgan fingerprint density at radius 3 is 2.84 bits per heavy atom. The number of piperidine rings is 1. The SMILES string of the molecule is Cc1ccccc1CNC(=O)CN1CCCCC1=O. The van der Waals surface area contributed by atoms with Crippen molar-refractivity contribution < 1.29 is 9.59 Å². The zero-order chi connectivity index (χ0) is 13.7. The molecule has 0 unspecified atom stereocenters. The van der Waals surface area contributed by atoms with Crippen molar-refractivity contribution >= 4 is 11.8 Å². The Morgan fingerprint density at radius 1 is 1.32 bits per heavy atom. The largest absolute Gasteiger partial charge is 0.350 e. The van der Waals surface area contributed by atoms with E-state index in [9.17, 15) is 9.59 Å². The van der Waals surface area contributed by atoms with E-state index in [0.717, 1.165) is 24.0 Å². The molecule has 0 aromatic heterocycles. The summed E-state index contributed by atoms with van der Waals surface area (Å²) in [6, 6.07) is 7.97. The van der Waals surface area contributed by atoms with E-state index in [1.807, 2.05) is 31.2 Å². The molecule has 1 aromatic carbocycles. The summed E-state index contributed by atoms with van der Waals surface area (Å²) in [5, 5.41) is 2.87. The zero-order valence-electron chi connectivity index (χ0n) is 11.3. The van der Waals surface area contributed by atoms with Gasteiger partial charge in [-0.15, -0.1) is 0 Å². The van der Waals surface area contributed by atoms with Gasteiger partial charge < -0.3 is 10.2 Å². The van der Waals surface area contributed by atoms with E-state index < -0.39 is 0 Å². The van der Waals surface area contributed by atoms with Crippen LogP contribution < -0.4 is 5.32 Å². The quantitative estimate of drug-likeness (QED) is 0.894. The fourth-order valence-corrected chi connectivity index (χ4v) is 2.26. The molecular weight excluding hydrogens is 240 g/mol. The van der Waals surface area contributed by atoms with Crippen LogP contribution in [0.2, 0.25) is 0 Å². The van der Waals surface area contributed by atoms with Gasteiger partial charge in [-0.2, -0.15) is 0 Å². The smallest absolute Gasteiger partial charge is 0.239 e. The van der Waals surface area contributed by atoms with Crippen molar-refractivity contribution in [1.82, 2.24) is 10.2 Å². The molecule has 2 rings (SSSR count). The van der Waals surface area contributed by atoms with Gasteiger partial charge in [0.2, 0.25) is 11.8 Å². The van der Waals surface area contributed by atoms with Crippen molar-refractivity contribution in [3.05, 3.63) is 35.4 Å². The molecule has 1 aliphatic rings. The molecule has 1 heterocycles. The Kier molecular flexibility index (Phi) is 4.55. The zero-order valence-corrected chi connectivity index (χ0v) is 11.3. The lowest BCUT2D eigenvalue weighted by Gasteiger charge is -2.26. The molecule has 0 radical (unpaired) electrons. The molecule has 1 fully saturated rings. The third kappa shape index (κ3) is 3.81. The topological polar surface area (TPSA) is 49.4 Å². The Bertz CT molecular complexity index is 471. The van der Waals surface area contributed by atoms with Crippen LogP contribution in [0.25, 0.3) is 0 Å². The van der Waals surface area contributed by atoms with E-state index in [4.69, 9.17) is 0 Å². The van der Waals surface area contributed by atoms with Crippen LogP contribution in [0.3, 0.4) is 0 Å². The minimum Gasteiger partial charge on any atom is -0.350 e. The summed E-state index contributed by atoms with van der Waals surface area (Å²) in [6.45, 7) is 3.44. The maximum Gasteiger partial charge on any atom is 0.239 e. The summed E-state index contributed by atoms with van der Waals surface area (Å²) in [6.07, 6.45) is 2.52. The predicted molar refractivity (Wildman–Crippen MR) is 73.5 cm³/mol. The van der Waals surface area contributed by atoms with Crippen LogP contribution in [-0.2, 0) is 16.1 Å². The Hall–Kier alpha value is -1.84. The third-order valence-corrected chi connectivity index (χ3v) is 3.49. The van der Waals surface area contributed by atoms with Gasteiger partial charge in [0, 0.05) is 19.5 Å². The maximum atomic E-state index is 11.8. The van der Waals surface area contributed by atoms with E-state index >= 15 is 0 Å². The number of amides is 2.